The van der Waals surface area contributed by atoms with E-state index in [1.54, 1.807) is 0 Å². The summed E-state index contributed by atoms with van der Waals surface area (Å²) in [6.45, 7) is 20.7. The fraction of sp³-hybridized carbons (Fsp3) is 1.00. The third-order valence-electron chi connectivity index (χ3n) is 4.17. The normalized spacial score (nSPS) is 15.5. The lowest BCUT2D eigenvalue weighted by molar-refractivity contribution is 0.109. The molecule has 0 aromatic carbocycles. The van der Waals surface area contributed by atoms with Crippen molar-refractivity contribution in [3.63, 3.8) is 0 Å². The Labute approximate surface area is 119 Å². The zero-order chi connectivity index (χ0) is 14.6. The van der Waals surface area contributed by atoms with Crippen LogP contribution in [0.5, 0.6) is 0 Å². The second kappa shape index (κ2) is 7.38. The molecule has 0 fully saturated rings. The van der Waals surface area contributed by atoms with Crippen LogP contribution >= 0.6 is 0 Å². The van der Waals surface area contributed by atoms with Crippen molar-refractivity contribution in [2.45, 2.75) is 83.8 Å². The third-order valence-corrected chi connectivity index (χ3v) is 11.7. The zero-order valence-electron chi connectivity index (χ0n) is 14.0. The van der Waals surface area contributed by atoms with Gasteiger partial charge in [-0.1, -0.05) is 26.9 Å². The Kier molecular flexibility index (Phi) is 7.61. The van der Waals surface area contributed by atoms with Crippen molar-refractivity contribution in [2.24, 2.45) is 0 Å². The van der Waals surface area contributed by atoms with Gasteiger partial charge < -0.3 is 8.85 Å². The third kappa shape index (κ3) is 4.92. The van der Waals surface area contributed by atoms with E-state index < -0.39 is 26.2 Å². The van der Waals surface area contributed by atoms with E-state index >= 15 is 0 Å². The Morgan fingerprint density at radius 2 is 1.50 bits per heavy atom. The highest BCUT2D eigenvalue weighted by atomic mass is 28.4. The van der Waals surface area contributed by atoms with Crippen molar-refractivity contribution in [3.8, 4) is 0 Å². The highest BCUT2D eigenvalue weighted by Gasteiger charge is 2.42. The van der Waals surface area contributed by atoms with Gasteiger partial charge >= 0.3 is 0 Å². The molecule has 0 radical (unpaired) electrons. The van der Waals surface area contributed by atoms with E-state index in [1.165, 1.54) is 0 Å². The van der Waals surface area contributed by atoms with Gasteiger partial charge in [0.25, 0.3) is 0 Å². The van der Waals surface area contributed by atoms with Crippen LogP contribution in [0.1, 0.15) is 33.6 Å². The second-order valence-corrected chi connectivity index (χ2v) is 16.4. The molecule has 0 aliphatic carbocycles. The Morgan fingerprint density at radius 1 is 1.06 bits per heavy atom. The largest absolute Gasteiger partial charge is 0.418 e. The van der Waals surface area contributed by atoms with E-state index in [0.29, 0.717) is 5.73 Å². The Balaban J connectivity index is 4.90. The molecule has 110 valence electrons. The Morgan fingerprint density at radius 3 is 1.78 bits per heavy atom. The first-order valence-corrected chi connectivity index (χ1v) is 16.1. The van der Waals surface area contributed by atoms with Gasteiger partial charge in [0, 0.05) is 5.22 Å². The van der Waals surface area contributed by atoms with Crippen molar-refractivity contribution in [2.75, 3.05) is 0 Å². The van der Waals surface area contributed by atoms with Crippen LogP contribution in [0.25, 0.3) is 0 Å². The zero-order valence-corrected chi connectivity index (χ0v) is 17.3. The van der Waals surface area contributed by atoms with E-state index in [0.717, 1.165) is 12.8 Å². The second-order valence-electron chi connectivity index (χ2n) is 6.46. The summed E-state index contributed by atoms with van der Waals surface area (Å²) in [7, 11) is -3.56. The van der Waals surface area contributed by atoms with Gasteiger partial charge in [-0.05, 0) is 46.0 Å². The van der Waals surface area contributed by atoms with Crippen LogP contribution < -0.4 is 0 Å². The first-order valence-electron chi connectivity index (χ1n) is 7.47. The summed E-state index contributed by atoms with van der Waals surface area (Å²) in [5, 5.41) is 0.172. The molecule has 0 rings (SSSR count). The van der Waals surface area contributed by atoms with Crippen LogP contribution in [0.15, 0.2) is 0 Å². The maximum Gasteiger partial charge on any atom is 0.213 e. The van der Waals surface area contributed by atoms with Crippen molar-refractivity contribution in [3.05, 3.63) is 0 Å². The highest BCUT2D eigenvalue weighted by Crippen LogP contribution is 2.30. The maximum absolute atomic E-state index is 6.75. The first-order chi connectivity index (χ1) is 8.11. The summed E-state index contributed by atoms with van der Waals surface area (Å²) < 4.78 is 12.9. The van der Waals surface area contributed by atoms with Crippen LogP contribution in [0.3, 0.4) is 0 Å². The molecule has 18 heavy (non-hydrogen) atoms. The van der Waals surface area contributed by atoms with Gasteiger partial charge in [-0.3, -0.25) is 0 Å². The van der Waals surface area contributed by atoms with E-state index in [9.17, 15) is 0 Å². The predicted octanol–water partition coefficient (Wildman–Crippen LogP) is 3.72. The molecule has 0 heterocycles. The molecule has 0 aromatic rings. The van der Waals surface area contributed by atoms with Gasteiger partial charge in [0.2, 0.25) is 8.32 Å². The van der Waals surface area contributed by atoms with E-state index in [4.69, 9.17) is 8.85 Å². The van der Waals surface area contributed by atoms with Crippen LogP contribution in [0, 0.1) is 0 Å². The molecule has 1 unspecified atom stereocenters. The maximum atomic E-state index is 6.75. The Hall–Kier alpha value is 0.571. The average molecular weight is 307 g/mol. The fourth-order valence-corrected chi connectivity index (χ4v) is 10.4. The fourth-order valence-electron chi connectivity index (χ4n) is 2.51. The first kappa shape index (κ1) is 18.6. The lowest BCUT2D eigenvalue weighted by Crippen LogP contribution is -2.57. The summed E-state index contributed by atoms with van der Waals surface area (Å²) >= 11 is 0. The summed E-state index contributed by atoms with van der Waals surface area (Å²) in [5.41, 5.74) is 0.314. The van der Waals surface area contributed by atoms with Crippen LogP contribution in [0.2, 0.25) is 39.3 Å². The summed E-state index contributed by atoms with van der Waals surface area (Å²) in [6.07, 6.45) is 2.30. The van der Waals surface area contributed by atoms with E-state index in [2.05, 4.69) is 60.1 Å². The molecule has 0 spiro atoms. The van der Waals surface area contributed by atoms with Gasteiger partial charge in [0.1, 0.15) is 0 Å². The molecule has 0 bridgehead atoms. The van der Waals surface area contributed by atoms with Crippen molar-refractivity contribution in [1.29, 1.82) is 0 Å². The molecular formula is C13H34O2Si3. The minimum atomic E-state index is -1.76. The molecule has 1 atom stereocenters. The van der Waals surface area contributed by atoms with Crippen molar-refractivity contribution >= 4 is 26.2 Å². The molecule has 0 aliphatic heterocycles. The topological polar surface area (TPSA) is 18.5 Å². The molecule has 0 N–H and O–H groups in total. The van der Waals surface area contributed by atoms with E-state index in [1.807, 2.05) is 0 Å². The molecule has 2 nitrogen and oxygen atoms in total. The molecule has 5 heteroatoms. The summed E-state index contributed by atoms with van der Waals surface area (Å²) in [6, 6.07) is 0. The number of hydrogen-bond acceptors (Lipinski definition) is 2. The quantitative estimate of drug-likeness (QED) is 0.636. The van der Waals surface area contributed by atoms with Gasteiger partial charge in [-0.2, -0.15) is 0 Å². The molecule has 0 saturated heterocycles. The van der Waals surface area contributed by atoms with Crippen LogP contribution in [-0.4, -0.2) is 37.1 Å². The number of rotatable bonds is 8. The average Bonchev–Trinajstić information content (AvgIpc) is 2.24. The van der Waals surface area contributed by atoms with Crippen LogP contribution in [-0.2, 0) is 8.85 Å². The van der Waals surface area contributed by atoms with Crippen LogP contribution in [0.4, 0.5) is 0 Å². The number of hydrogen-bond donors (Lipinski definition) is 0. The predicted molar refractivity (Wildman–Crippen MR) is 90.2 cm³/mol. The lowest BCUT2D eigenvalue weighted by Gasteiger charge is -2.44. The monoisotopic (exact) mass is 306 g/mol. The minimum absolute atomic E-state index is 0.172. The van der Waals surface area contributed by atoms with Crippen molar-refractivity contribution < 1.29 is 8.85 Å². The smallest absolute Gasteiger partial charge is 0.213 e. The summed E-state index contributed by atoms with van der Waals surface area (Å²) in [5.74, 6) is 0. The molecule has 0 aliphatic rings. The van der Waals surface area contributed by atoms with Gasteiger partial charge in [0.15, 0.2) is 9.04 Å². The molecule has 0 amide bonds. The van der Waals surface area contributed by atoms with Gasteiger partial charge in [-0.25, -0.2) is 0 Å². The van der Waals surface area contributed by atoms with Crippen molar-refractivity contribution in [1.82, 2.24) is 0 Å². The molecular weight excluding hydrogens is 272 g/mol. The van der Waals surface area contributed by atoms with Gasteiger partial charge in [-0.15, -0.1) is 0 Å². The van der Waals surface area contributed by atoms with Gasteiger partial charge in [0.05, 0.1) is 14.5 Å². The highest BCUT2D eigenvalue weighted by molar-refractivity contribution is 6.74. The Bertz CT molecular complexity index is 238. The molecule has 0 saturated carbocycles. The van der Waals surface area contributed by atoms with E-state index in [-0.39, 0.29) is 5.22 Å². The standard InChI is InChI=1S/C13H34O2Si3/c1-10-13(11-2,16(4)5)15-18(8,9)12(3)14-17(6)7/h12,16-17H,10-11H2,1-9H3. The minimum Gasteiger partial charge on any atom is -0.418 e. The summed E-state index contributed by atoms with van der Waals surface area (Å²) in [4.78, 5) is 0. The SMILES string of the molecule is CCC(CC)(O[Si](C)(C)C(C)O[SiH](C)C)[SiH](C)C. The lowest BCUT2D eigenvalue weighted by atomic mass is 10.2. The molecule has 0 aromatic heterocycles.